The van der Waals surface area contributed by atoms with Crippen LogP contribution in [0.4, 0.5) is 16.6 Å². The van der Waals surface area contributed by atoms with E-state index in [4.69, 9.17) is 9.47 Å². The number of carbonyl (C=O) groups is 1. The molecule has 2 aromatic carbocycles. The molecule has 34 heavy (non-hydrogen) atoms. The molecule has 1 aliphatic heterocycles. The van der Waals surface area contributed by atoms with E-state index in [0.717, 1.165) is 34.6 Å². The van der Waals surface area contributed by atoms with E-state index >= 15 is 0 Å². The zero-order valence-electron chi connectivity index (χ0n) is 18.8. The summed E-state index contributed by atoms with van der Waals surface area (Å²) in [5, 5.41) is 6.73. The molecule has 9 heteroatoms. The average Bonchev–Trinajstić information content (AvgIpc) is 3.31. The Morgan fingerprint density at radius 1 is 1.15 bits per heavy atom. The Hall–Kier alpha value is -3.69. The topological polar surface area (TPSA) is 88.6 Å². The van der Waals surface area contributed by atoms with Gasteiger partial charge in [-0.3, -0.25) is 10.1 Å². The highest BCUT2D eigenvalue weighted by Gasteiger charge is 2.20. The van der Waals surface area contributed by atoms with E-state index in [1.54, 1.807) is 25.4 Å². The van der Waals surface area contributed by atoms with Crippen molar-refractivity contribution in [3.63, 3.8) is 0 Å². The van der Waals surface area contributed by atoms with Crippen LogP contribution in [0.3, 0.4) is 0 Å². The number of carbonyl (C=O) groups excluding carboxylic acids is 1. The Balaban J connectivity index is 1.35. The second kappa shape index (κ2) is 10.1. The lowest BCUT2D eigenvalue weighted by Gasteiger charge is -2.29. The van der Waals surface area contributed by atoms with E-state index in [2.05, 4.69) is 25.5 Å². The first-order valence-corrected chi connectivity index (χ1v) is 11.9. The number of fused-ring (bicyclic) bond motifs is 1. The number of anilines is 3. The maximum Gasteiger partial charge on any atom is 0.257 e. The third-order valence-electron chi connectivity index (χ3n) is 5.62. The molecule has 2 N–H and O–H groups in total. The molecule has 4 aromatic rings. The van der Waals surface area contributed by atoms with E-state index in [1.165, 1.54) is 11.3 Å². The minimum atomic E-state index is -0.240. The summed E-state index contributed by atoms with van der Waals surface area (Å²) < 4.78 is 12.0. The molecule has 5 rings (SSSR count). The first kappa shape index (κ1) is 22.1. The molecule has 174 valence electrons. The predicted octanol–water partition coefficient (Wildman–Crippen LogP) is 4.40. The van der Waals surface area contributed by atoms with Crippen LogP contribution in [0, 0.1) is 0 Å². The molecule has 0 bridgehead atoms. The number of nitrogens with zero attached hydrogens (tertiary/aromatic N) is 3. The largest absolute Gasteiger partial charge is 0.494 e. The van der Waals surface area contributed by atoms with Crippen molar-refractivity contribution >= 4 is 44.1 Å². The van der Waals surface area contributed by atoms with Gasteiger partial charge in [-0.1, -0.05) is 41.7 Å². The van der Waals surface area contributed by atoms with Crippen molar-refractivity contribution in [3.05, 3.63) is 71.9 Å². The highest BCUT2D eigenvalue weighted by molar-refractivity contribution is 7.23. The Morgan fingerprint density at radius 2 is 1.97 bits per heavy atom. The molecular weight excluding hydrogens is 450 g/mol. The van der Waals surface area contributed by atoms with Crippen molar-refractivity contribution in [2.45, 2.75) is 6.54 Å². The molecule has 8 nitrogen and oxygen atoms in total. The van der Waals surface area contributed by atoms with Gasteiger partial charge in [0, 0.05) is 31.4 Å². The van der Waals surface area contributed by atoms with Gasteiger partial charge in [-0.2, -0.15) is 0 Å². The second-order valence-corrected chi connectivity index (χ2v) is 8.81. The highest BCUT2D eigenvalue weighted by Crippen LogP contribution is 2.39. The Kier molecular flexibility index (Phi) is 6.55. The maximum atomic E-state index is 13.0. The lowest BCUT2D eigenvalue weighted by Crippen LogP contribution is -2.36. The van der Waals surface area contributed by atoms with Crippen LogP contribution in [-0.2, 0) is 11.3 Å². The fraction of sp³-hybridized carbons (Fsp3) is 0.240. The predicted molar refractivity (Wildman–Crippen MR) is 135 cm³/mol. The van der Waals surface area contributed by atoms with Crippen molar-refractivity contribution < 1.29 is 14.3 Å². The summed E-state index contributed by atoms with van der Waals surface area (Å²) in [4.78, 5) is 24.3. The molecule has 0 atom stereocenters. The van der Waals surface area contributed by atoms with Gasteiger partial charge in [0.05, 0.1) is 30.7 Å². The van der Waals surface area contributed by atoms with Crippen LogP contribution >= 0.6 is 11.3 Å². The molecule has 0 saturated carbocycles. The first-order valence-electron chi connectivity index (χ1n) is 11.1. The summed E-state index contributed by atoms with van der Waals surface area (Å²) in [6, 6.07) is 17.4. The van der Waals surface area contributed by atoms with E-state index in [0.29, 0.717) is 42.0 Å². The molecule has 0 aliphatic carbocycles. The molecule has 1 aliphatic rings. The summed E-state index contributed by atoms with van der Waals surface area (Å²) in [6.07, 6.45) is 1.63. The van der Waals surface area contributed by atoms with Gasteiger partial charge in [0.15, 0.2) is 5.13 Å². The summed E-state index contributed by atoms with van der Waals surface area (Å²) >= 11 is 1.45. The van der Waals surface area contributed by atoms with Crippen molar-refractivity contribution in [2.24, 2.45) is 0 Å². The van der Waals surface area contributed by atoms with Gasteiger partial charge in [-0.05, 0) is 29.8 Å². The number of methoxy groups -OCH3 is 1. The molecular formula is C25H25N5O3S. The van der Waals surface area contributed by atoms with Gasteiger partial charge >= 0.3 is 0 Å². The van der Waals surface area contributed by atoms with Gasteiger partial charge in [0.2, 0.25) is 0 Å². The fourth-order valence-electron chi connectivity index (χ4n) is 3.87. The van der Waals surface area contributed by atoms with Crippen LogP contribution in [0.2, 0.25) is 0 Å². The number of rotatable bonds is 7. The normalized spacial score (nSPS) is 13.6. The smallest absolute Gasteiger partial charge is 0.257 e. The molecule has 1 fully saturated rings. The van der Waals surface area contributed by atoms with Gasteiger partial charge in [-0.15, -0.1) is 0 Å². The van der Waals surface area contributed by atoms with Crippen molar-refractivity contribution in [2.75, 3.05) is 48.9 Å². The monoisotopic (exact) mass is 475 g/mol. The lowest BCUT2D eigenvalue weighted by molar-refractivity contribution is 0.102. The van der Waals surface area contributed by atoms with Crippen LogP contribution in [-0.4, -0.2) is 49.3 Å². The molecule has 3 heterocycles. The molecule has 0 radical (unpaired) electrons. The van der Waals surface area contributed by atoms with Crippen LogP contribution in [0.1, 0.15) is 15.9 Å². The Bertz CT molecular complexity index is 1290. The number of benzene rings is 2. The van der Waals surface area contributed by atoms with Crippen LogP contribution < -0.4 is 20.3 Å². The zero-order valence-corrected chi connectivity index (χ0v) is 19.6. The third-order valence-corrected chi connectivity index (χ3v) is 6.61. The first-order chi connectivity index (χ1) is 16.7. The molecule has 1 saturated heterocycles. The van der Waals surface area contributed by atoms with Crippen molar-refractivity contribution in [1.82, 2.24) is 9.97 Å². The van der Waals surface area contributed by atoms with Gasteiger partial charge in [-0.25, -0.2) is 9.97 Å². The van der Waals surface area contributed by atoms with Gasteiger partial charge < -0.3 is 19.7 Å². The van der Waals surface area contributed by atoms with Gasteiger partial charge in [0.25, 0.3) is 5.91 Å². The molecule has 1 amide bonds. The van der Waals surface area contributed by atoms with E-state index in [1.807, 2.05) is 42.5 Å². The number of hydrogen-bond acceptors (Lipinski definition) is 8. The minimum absolute atomic E-state index is 0.240. The standard InChI is InChI=1S/C25H25N5O3S/c1-32-20-8-7-19(30-11-13-33-14-12-30)23-22(20)28-25(34-23)29-24(31)18-9-10-26-21(15-18)27-16-17-5-3-2-4-6-17/h2-10,15H,11-14,16H2,1H3,(H,26,27)(H,28,29,31). The van der Waals surface area contributed by atoms with Crippen LogP contribution in [0.15, 0.2) is 60.8 Å². The number of aromatic nitrogens is 2. The highest BCUT2D eigenvalue weighted by atomic mass is 32.1. The number of hydrogen-bond donors (Lipinski definition) is 2. The Labute approximate surface area is 201 Å². The lowest BCUT2D eigenvalue weighted by atomic mass is 10.2. The molecule has 0 spiro atoms. The summed E-state index contributed by atoms with van der Waals surface area (Å²) in [7, 11) is 1.63. The number of amides is 1. The summed E-state index contributed by atoms with van der Waals surface area (Å²) in [5.74, 6) is 1.08. The van der Waals surface area contributed by atoms with E-state index < -0.39 is 0 Å². The second-order valence-electron chi connectivity index (χ2n) is 7.81. The van der Waals surface area contributed by atoms with E-state index in [9.17, 15) is 4.79 Å². The molecule has 2 aromatic heterocycles. The summed E-state index contributed by atoms with van der Waals surface area (Å²) in [6.45, 7) is 3.64. The van der Waals surface area contributed by atoms with Gasteiger partial charge in [0.1, 0.15) is 17.1 Å². The number of morpholine rings is 1. The minimum Gasteiger partial charge on any atom is -0.494 e. The number of pyridine rings is 1. The van der Waals surface area contributed by atoms with Crippen LogP contribution in [0.5, 0.6) is 5.75 Å². The number of thiazole rings is 1. The number of nitrogens with one attached hydrogen (secondary N) is 2. The fourth-order valence-corrected chi connectivity index (χ4v) is 4.89. The van der Waals surface area contributed by atoms with E-state index in [-0.39, 0.29) is 5.91 Å². The Morgan fingerprint density at radius 3 is 2.76 bits per heavy atom. The summed E-state index contributed by atoms with van der Waals surface area (Å²) in [5.41, 5.74) is 3.46. The van der Waals surface area contributed by atoms with Crippen molar-refractivity contribution in [1.29, 1.82) is 0 Å². The zero-order chi connectivity index (χ0) is 23.3. The maximum absolute atomic E-state index is 13.0. The quantitative estimate of drug-likeness (QED) is 0.410. The third kappa shape index (κ3) is 4.80. The van der Waals surface area contributed by atoms with Crippen molar-refractivity contribution in [3.8, 4) is 5.75 Å². The van der Waals surface area contributed by atoms with Crippen LogP contribution in [0.25, 0.3) is 10.2 Å². The molecule has 0 unspecified atom stereocenters. The average molecular weight is 476 g/mol. The number of ether oxygens (including phenoxy) is 2. The SMILES string of the molecule is COc1ccc(N2CCOCC2)c2sc(NC(=O)c3ccnc(NCc4ccccc4)c3)nc12.